The van der Waals surface area contributed by atoms with Crippen molar-refractivity contribution in [1.29, 1.82) is 0 Å². The van der Waals surface area contributed by atoms with Crippen LogP contribution in [0.15, 0.2) is 66.7 Å². The molecule has 1 amide bonds. The van der Waals surface area contributed by atoms with Gasteiger partial charge in [0.2, 0.25) is 10.0 Å². The predicted molar refractivity (Wildman–Crippen MR) is 136 cm³/mol. The minimum Gasteiger partial charge on any atom is -0.406 e. The van der Waals surface area contributed by atoms with E-state index in [0.29, 0.717) is 48.6 Å². The molecule has 0 saturated carbocycles. The van der Waals surface area contributed by atoms with Crippen molar-refractivity contribution in [3.63, 3.8) is 0 Å². The van der Waals surface area contributed by atoms with E-state index in [1.807, 2.05) is 12.1 Å². The summed E-state index contributed by atoms with van der Waals surface area (Å²) in [5.41, 5.74) is 4.03. The number of halogens is 3. The minimum absolute atomic E-state index is 0.314. The topological polar surface area (TPSA) is 79.0 Å². The molecule has 11 heteroatoms. The molecule has 3 aromatic rings. The van der Waals surface area contributed by atoms with Gasteiger partial charge in [0.25, 0.3) is 5.91 Å². The molecular weight excluding hydrogens is 507 g/mol. The zero-order chi connectivity index (χ0) is 26.8. The SMILES string of the molecule is Cc1c(C(=O)Nc2ccc(N3CCN(S(C)(=O)=O)CC3)cc2)cccc1-c1ccc(OC(F)(F)F)cc1. The predicted octanol–water partition coefficient (Wildman–Crippen LogP) is 4.89. The van der Waals surface area contributed by atoms with Gasteiger partial charge in [-0.25, -0.2) is 8.42 Å². The largest absolute Gasteiger partial charge is 0.573 e. The van der Waals surface area contributed by atoms with E-state index in [0.717, 1.165) is 11.3 Å². The number of sulfonamides is 1. The van der Waals surface area contributed by atoms with Gasteiger partial charge in [0.15, 0.2) is 0 Å². The second kappa shape index (κ2) is 10.4. The molecule has 1 aliphatic rings. The zero-order valence-electron chi connectivity index (χ0n) is 20.2. The van der Waals surface area contributed by atoms with Crippen LogP contribution in [0.2, 0.25) is 0 Å². The number of piperazine rings is 1. The number of amides is 1. The van der Waals surface area contributed by atoms with Crippen molar-refractivity contribution in [2.45, 2.75) is 13.3 Å². The van der Waals surface area contributed by atoms with Crippen LogP contribution in [-0.4, -0.2) is 57.4 Å². The molecule has 0 unspecified atom stereocenters. The standard InChI is InChI=1S/C26H26F3N3O4S/c1-18-23(19-6-12-22(13-7-19)36-26(27,28)29)4-3-5-24(18)25(33)30-20-8-10-21(11-9-20)31-14-16-32(17-15-31)37(2,34)35/h3-13H,14-17H2,1-2H3,(H,30,33). The van der Waals surface area contributed by atoms with E-state index in [1.54, 1.807) is 37.3 Å². The molecule has 7 nitrogen and oxygen atoms in total. The number of nitrogens with zero attached hydrogens (tertiary/aromatic N) is 2. The zero-order valence-corrected chi connectivity index (χ0v) is 21.1. The third-order valence-electron chi connectivity index (χ3n) is 6.18. The van der Waals surface area contributed by atoms with Crippen molar-refractivity contribution in [3.05, 3.63) is 77.9 Å². The van der Waals surface area contributed by atoms with Crippen LogP contribution in [0.3, 0.4) is 0 Å². The summed E-state index contributed by atoms with van der Waals surface area (Å²) in [6.07, 6.45) is -3.55. The van der Waals surface area contributed by atoms with Crippen molar-refractivity contribution in [3.8, 4) is 16.9 Å². The van der Waals surface area contributed by atoms with Crippen LogP contribution in [0.25, 0.3) is 11.1 Å². The first-order valence-electron chi connectivity index (χ1n) is 11.5. The summed E-state index contributed by atoms with van der Waals surface area (Å²) in [6, 6.07) is 18.0. The van der Waals surface area contributed by atoms with E-state index < -0.39 is 16.4 Å². The molecule has 4 rings (SSSR count). The normalized spacial score (nSPS) is 14.9. The van der Waals surface area contributed by atoms with E-state index in [2.05, 4.69) is 15.0 Å². The average Bonchev–Trinajstić information content (AvgIpc) is 2.84. The third-order valence-corrected chi connectivity index (χ3v) is 7.48. The first-order valence-corrected chi connectivity index (χ1v) is 13.3. The highest BCUT2D eigenvalue weighted by Gasteiger charge is 2.31. The van der Waals surface area contributed by atoms with E-state index in [1.165, 1.54) is 34.8 Å². The summed E-state index contributed by atoms with van der Waals surface area (Å²) >= 11 is 0. The highest BCUT2D eigenvalue weighted by Crippen LogP contribution is 2.30. The van der Waals surface area contributed by atoms with Gasteiger partial charge in [0.05, 0.1) is 6.26 Å². The molecule has 1 aliphatic heterocycles. The molecular formula is C26H26F3N3O4S. The Balaban J connectivity index is 1.43. The minimum atomic E-state index is -4.76. The Bertz CT molecular complexity index is 1370. The first kappa shape index (κ1) is 26.5. The Morgan fingerprint density at radius 3 is 2.11 bits per heavy atom. The molecule has 0 bridgehead atoms. The summed E-state index contributed by atoms with van der Waals surface area (Å²) in [5.74, 6) is -0.630. The number of hydrogen-bond acceptors (Lipinski definition) is 5. The van der Waals surface area contributed by atoms with Gasteiger partial charge in [-0.1, -0.05) is 24.3 Å². The van der Waals surface area contributed by atoms with Crippen LogP contribution in [0.1, 0.15) is 15.9 Å². The fourth-order valence-electron chi connectivity index (χ4n) is 4.26. The van der Waals surface area contributed by atoms with Crippen molar-refractivity contribution in [1.82, 2.24) is 4.31 Å². The summed E-state index contributed by atoms with van der Waals surface area (Å²) in [6.45, 7) is 3.78. The molecule has 0 radical (unpaired) electrons. The lowest BCUT2D eigenvalue weighted by atomic mass is 9.96. The highest BCUT2D eigenvalue weighted by molar-refractivity contribution is 7.88. The number of carbonyl (C=O) groups excluding carboxylic acids is 1. The van der Waals surface area contributed by atoms with Gasteiger partial charge in [-0.15, -0.1) is 13.2 Å². The third kappa shape index (κ3) is 6.60. The Kier molecular flexibility index (Phi) is 7.47. The first-order chi connectivity index (χ1) is 17.4. The molecule has 0 aromatic heterocycles. The number of benzene rings is 3. The molecule has 3 aromatic carbocycles. The van der Waals surface area contributed by atoms with Gasteiger partial charge in [-0.05, 0) is 66.1 Å². The monoisotopic (exact) mass is 533 g/mol. The second-order valence-corrected chi connectivity index (χ2v) is 10.7. The lowest BCUT2D eigenvalue weighted by Gasteiger charge is -2.34. The van der Waals surface area contributed by atoms with Gasteiger partial charge < -0.3 is 15.0 Å². The van der Waals surface area contributed by atoms with Gasteiger partial charge in [0.1, 0.15) is 5.75 Å². The fraction of sp³-hybridized carbons (Fsp3) is 0.269. The number of alkyl halides is 3. The molecule has 0 spiro atoms. The maximum atomic E-state index is 13.0. The van der Waals surface area contributed by atoms with Crippen LogP contribution in [-0.2, 0) is 10.0 Å². The van der Waals surface area contributed by atoms with E-state index in [-0.39, 0.29) is 11.7 Å². The number of rotatable bonds is 6. The van der Waals surface area contributed by atoms with Crippen LogP contribution < -0.4 is 15.0 Å². The summed E-state index contributed by atoms with van der Waals surface area (Å²) in [5, 5.41) is 2.88. The van der Waals surface area contributed by atoms with Crippen molar-refractivity contribution < 1.29 is 31.1 Å². The van der Waals surface area contributed by atoms with E-state index >= 15 is 0 Å². The van der Waals surface area contributed by atoms with Crippen molar-refractivity contribution in [2.24, 2.45) is 0 Å². The maximum absolute atomic E-state index is 13.0. The molecule has 0 aliphatic carbocycles. The summed E-state index contributed by atoms with van der Waals surface area (Å²) in [7, 11) is -3.20. The van der Waals surface area contributed by atoms with Crippen molar-refractivity contribution in [2.75, 3.05) is 42.7 Å². The molecule has 1 saturated heterocycles. The number of anilines is 2. The average molecular weight is 534 g/mol. The molecule has 196 valence electrons. The number of nitrogens with one attached hydrogen (secondary N) is 1. The summed E-state index contributed by atoms with van der Waals surface area (Å²) < 4.78 is 66.1. The molecule has 1 N–H and O–H groups in total. The van der Waals surface area contributed by atoms with E-state index in [9.17, 15) is 26.4 Å². The second-order valence-electron chi connectivity index (χ2n) is 8.70. The Morgan fingerprint density at radius 2 is 1.54 bits per heavy atom. The quantitative estimate of drug-likeness (QED) is 0.488. The van der Waals surface area contributed by atoms with Crippen molar-refractivity contribution >= 4 is 27.3 Å². The van der Waals surface area contributed by atoms with Gasteiger partial charge >= 0.3 is 6.36 Å². The molecule has 0 atom stereocenters. The van der Waals surface area contributed by atoms with Crippen LogP contribution >= 0.6 is 0 Å². The fourth-order valence-corrected chi connectivity index (χ4v) is 5.09. The molecule has 1 fully saturated rings. The smallest absolute Gasteiger partial charge is 0.406 e. The number of ether oxygens (including phenoxy) is 1. The van der Waals surface area contributed by atoms with Crippen LogP contribution in [0.5, 0.6) is 5.75 Å². The van der Waals surface area contributed by atoms with Gasteiger partial charge in [-0.3, -0.25) is 4.79 Å². The van der Waals surface area contributed by atoms with Crippen LogP contribution in [0, 0.1) is 6.92 Å². The van der Waals surface area contributed by atoms with Gasteiger partial charge in [0, 0.05) is 43.1 Å². The van der Waals surface area contributed by atoms with Crippen LogP contribution in [0.4, 0.5) is 24.5 Å². The number of hydrogen-bond donors (Lipinski definition) is 1. The maximum Gasteiger partial charge on any atom is 0.573 e. The lowest BCUT2D eigenvalue weighted by Crippen LogP contribution is -2.48. The Hall–Kier alpha value is -3.57. The Labute approximate surface area is 213 Å². The lowest BCUT2D eigenvalue weighted by molar-refractivity contribution is -0.274. The van der Waals surface area contributed by atoms with Gasteiger partial charge in [-0.2, -0.15) is 4.31 Å². The summed E-state index contributed by atoms with van der Waals surface area (Å²) in [4.78, 5) is 15.1. The number of carbonyl (C=O) groups is 1. The van der Waals surface area contributed by atoms with E-state index in [4.69, 9.17) is 0 Å². The highest BCUT2D eigenvalue weighted by atomic mass is 32.2. The Morgan fingerprint density at radius 1 is 0.919 bits per heavy atom. The molecule has 1 heterocycles. The molecule has 37 heavy (non-hydrogen) atoms.